The maximum atomic E-state index is 12.0. The first-order valence-corrected chi connectivity index (χ1v) is 6.03. The molecule has 0 spiro atoms. The van der Waals surface area contributed by atoms with Crippen LogP contribution in [0.1, 0.15) is 30.1 Å². The number of hydrogen-bond donors (Lipinski definition) is 1. The standard InChI is InChI=1S/C11H15NOS/c1-8(10-3-2-5-12-10)11(13)9-4-6-14-7-9/h4,6-8,10,12H,2-3,5H2,1H3. The molecule has 1 aliphatic rings. The van der Waals surface area contributed by atoms with Gasteiger partial charge < -0.3 is 5.32 Å². The fourth-order valence-electron chi connectivity index (χ4n) is 1.99. The molecule has 2 atom stereocenters. The topological polar surface area (TPSA) is 29.1 Å². The number of hydrogen-bond acceptors (Lipinski definition) is 3. The SMILES string of the molecule is CC(C(=O)c1ccsc1)C1CCCN1. The van der Waals surface area contributed by atoms with Crippen LogP contribution in [0.3, 0.4) is 0 Å². The maximum absolute atomic E-state index is 12.0. The molecule has 3 heteroatoms. The second kappa shape index (κ2) is 4.24. The van der Waals surface area contributed by atoms with Crippen molar-refractivity contribution in [1.82, 2.24) is 5.32 Å². The molecule has 1 N–H and O–H groups in total. The van der Waals surface area contributed by atoms with Gasteiger partial charge in [-0.1, -0.05) is 6.92 Å². The lowest BCUT2D eigenvalue weighted by Crippen LogP contribution is -2.33. The second-order valence-corrected chi connectivity index (χ2v) is 4.65. The molecule has 0 bridgehead atoms. The lowest BCUT2D eigenvalue weighted by atomic mass is 9.93. The Hall–Kier alpha value is -0.670. The summed E-state index contributed by atoms with van der Waals surface area (Å²) in [7, 11) is 0. The van der Waals surface area contributed by atoms with Crippen LogP contribution < -0.4 is 5.32 Å². The molecule has 0 aromatic carbocycles. The van der Waals surface area contributed by atoms with E-state index in [0.717, 1.165) is 18.5 Å². The number of thiophene rings is 1. The summed E-state index contributed by atoms with van der Waals surface area (Å²) >= 11 is 1.59. The van der Waals surface area contributed by atoms with Crippen LogP contribution in [0.5, 0.6) is 0 Å². The smallest absolute Gasteiger partial charge is 0.168 e. The third-order valence-electron chi connectivity index (χ3n) is 2.92. The van der Waals surface area contributed by atoms with Gasteiger partial charge >= 0.3 is 0 Å². The van der Waals surface area contributed by atoms with E-state index in [9.17, 15) is 4.79 Å². The van der Waals surface area contributed by atoms with E-state index in [1.807, 2.05) is 23.8 Å². The number of nitrogens with one attached hydrogen (secondary N) is 1. The summed E-state index contributed by atoms with van der Waals surface area (Å²) in [6.45, 7) is 3.09. The van der Waals surface area contributed by atoms with Crippen LogP contribution in [0.4, 0.5) is 0 Å². The van der Waals surface area contributed by atoms with E-state index in [2.05, 4.69) is 5.32 Å². The van der Waals surface area contributed by atoms with Gasteiger partial charge in [0.1, 0.15) is 0 Å². The van der Waals surface area contributed by atoms with Crippen LogP contribution in [-0.4, -0.2) is 18.4 Å². The first kappa shape index (κ1) is 9.87. The van der Waals surface area contributed by atoms with E-state index in [-0.39, 0.29) is 11.7 Å². The summed E-state index contributed by atoms with van der Waals surface area (Å²) in [6, 6.07) is 2.31. The third kappa shape index (κ3) is 1.88. The molecule has 0 aliphatic carbocycles. The molecular formula is C11H15NOS. The number of Topliss-reactive ketones (excluding diaryl/α,β-unsaturated/α-hetero) is 1. The number of rotatable bonds is 3. The Morgan fingerprint density at radius 2 is 2.57 bits per heavy atom. The lowest BCUT2D eigenvalue weighted by molar-refractivity contribution is 0.0908. The highest BCUT2D eigenvalue weighted by atomic mass is 32.1. The maximum Gasteiger partial charge on any atom is 0.168 e. The van der Waals surface area contributed by atoms with E-state index >= 15 is 0 Å². The fourth-order valence-corrected chi connectivity index (χ4v) is 2.63. The molecule has 0 radical (unpaired) electrons. The van der Waals surface area contributed by atoms with Crippen LogP contribution in [0.2, 0.25) is 0 Å². The van der Waals surface area contributed by atoms with E-state index in [4.69, 9.17) is 0 Å². The molecule has 1 aromatic rings. The normalized spacial score (nSPS) is 23.6. The van der Waals surface area contributed by atoms with E-state index in [1.165, 1.54) is 6.42 Å². The zero-order valence-electron chi connectivity index (χ0n) is 8.32. The molecule has 1 fully saturated rings. The second-order valence-electron chi connectivity index (χ2n) is 3.87. The predicted octanol–water partition coefficient (Wildman–Crippen LogP) is 2.32. The highest BCUT2D eigenvalue weighted by Gasteiger charge is 2.27. The van der Waals surface area contributed by atoms with Crippen molar-refractivity contribution >= 4 is 17.1 Å². The Balaban J connectivity index is 2.04. The van der Waals surface area contributed by atoms with Gasteiger partial charge in [-0.05, 0) is 30.8 Å². The van der Waals surface area contributed by atoms with Crippen molar-refractivity contribution in [1.29, 1.82) is 0 Å². The zero-order valence-corrected chi connectivity index (χ0v) is 9.14. The van der Waals surface area contributed by atoms with Gasteiger partial charge in [-0.2, -0.15) is 11.3 Å². The molecule has 14 heavy (non-hydrogen) atoms. The fraction of sp³-hybridized carbons (Fsp3) is 0.545. The number of ketones is 1. The average Bonchev–Trinajstić information content (AvgIpc) is 2.87. The highest BCUT2D eigenvalue weighted by Crippen LogP contribution is 2.20. The monoisotopic (exact) mass is 209 g/mol. The minimum atomic E-state index is 0.118. The Bertz CT molecular complexity index is 301. The Morgan fingerprint density at radius 1 is 1.71 bits per heavy atom. The molecule has 2 rings (SSSR count). The van der Waals surface area contributed by atoms with E-state index in [1.54, 1.807) is 11.3 Å². The van der Waals surface area contributed by atoms with Crippen LogP contribution >= 0.6 is 11.3 Å². The summed E-state index contributed by atoms with van der Waals surface area (Å²) < 4.78 is 0. The van der Waals surface area contributed by atoms with Crippen molar-refractivity contribution in [3.63, 3.8) is 0 Å². The van der Waals surface area contributed by atoms with Gasteiger partial charge in [0.2, 0.25) is 0 Å². The summed E-state index contributed by atoms with van der Waals surface area (Å²) in [5.74, 6) is 0.401. The predicted molar refractivity (Wildman–Crippen MR) is 58.8 cm³/mol. The van der Waals surface area contributed by atoms with E-state index in [0.29, 0.717) is 6.04 Å². The minimum Gasteiger partial charge on any atom is -0.313 e. The van der Waals surface area contributed by atoms with Crippen LogP contribution in [0.15, 0.2) is 16.8 Å². The molecule has 2 heterocycles. The van der Waals surface area contributed by atoms with Crippen molar-refractivity contribution in [3.05, 3.63) is 22.4 Å². The Labute approximate surface area is 88.3 Å². The molecule has 0 saturated carbocycles. The van der Waals surface area contributed by atoms with Gasteiger partial charge in [0, 0.05) is 22.9 Å². The molecule has 76 valence electrons. The molecule has 1 aliphatic heterocycles. The summed E-state index contributed by atoms with van der Waals surface area (Å²) in [5, 5.41) is 7.28. The molecule has 0 amide bonds. The number of carbonyl (C=O) groups excluding carboxylic acids is 1. The van der Waals surface area contributed by atoms with Crippen molar-refractivity contribution < 1.29 is 4.79 Å². The van der Waals surface area contributed by atoms with Gasteiger partial charge in [-0.15, -0.1) is 0 Å². The van der Waals surface area contributed by atoms with Gasteiger partial charge in [-0.25, -0.2) is 0 Å². The van der Waals surface area contributed by atoms with Crippen molar-refractivity contribution in [2.75, 3.05) is 6.54 Å². The molecule has 1 saturated heterocycles. The van der Waals surface area contributed by atoms with Gasteiger partial charge in [-0.3, -0.25) is 4.79 Å². The number of carbonyl (C=O) groups is 1. The van der Waals surface area contributed by atoms with Crippen LogP contribution in [0.25, 0.3) is 0 Å². The first-order chi connectivity index (χ1) is 6.79. The molecular weight excluding hydrogens is 194 g/mol. The largest absolute Gasteiger partial charge is 0.313 e. The molecule has 1 aromatic heterocycles. The third-order valence-corrected chi connectivity index (χ3v) is 3.60. The quantitative estimate of drug-likeness (QED) is 0.774. The molecule has 2 unspecified atom stereocenters. The Kier molecular flexibility index (Phi) is 2.99. The summed E-state index contributed by atoms with van der Waals surface area (Å²) in [4.78, 5) is 12.0. The van der Waals surface area contributed by atoms with Crippen molar-refractivity contribution in [3.8, 4) is 0 Å². The molecule has 2 nitrogen and oxygen atoms in total. The highest BCUT2D eigenvalue weighted by molar-refractivity contribution is 7.08. The Morgan fingerprint density at radius 3 is 3.14 bits per heavy atom. The summed E-state index contributed by atoms with van der Waals surface area (Å²) in [5.41, 5.74) is 0.871. The lowest BCUT2D eigenvalue weighted by Gasteiger charge is -2.17. The minimum absolute atomic E-state index is 0.118. The van der Waals surface area contributed by atoms with Crippen LogP contribution in [0, 0.1) is 5.92 Å². The first-order valence-electron chi connectivity index (χ1n) is 5.09. The van der Waals surface area contributed by atoms with Crippen LogP contribution in [-0.2, 0) is 0 Å². The summed E-state index contributed by atoms with van der Waals surface area (Å²) in [6.07, 6.45) is 2.34. The van der Waals surface area contributed by atoms with E-state index < -0.39 is 0 Å². The average molecular weight is 209 g/mol. The van der Waals surface area contributed by atoms with Crippen molar-refractivity contribution in [2.24, 2.45) is 5.92 Å². The zero-order chi connectivity index (χ0) is 9.97. The van der Waals surface area contributed by atoms with Crippen molar-refractivity contribution in [2.45, 2.75) is 25.8 Å². The van der Waals surface area contributed by atoms with Gasteiger partial charge in [0.05, 0.1) is 0 Å². The van der Waals surface area contributed by atoms with Gasteiger partial charge in [0.15, 0.2) is 5.78 Å². The van der Waals surface area contributed by atoms with Gasteiger partial charge in [0.25, 0.3) is 0 Å².